The van der Waals surface area contributed by atoms with Crippen molar-refractivity contribution in [3.8, 4) is 0 Å². The van der Waals surface area contributed by atoms with Crippen LogP contribution in [0.4, 0.5) is 17.1 Å². The summed E-state index contributed by atoms with van der Waals surface area (Å²) >= 11 is 6.27. The Bertz CT molecular complexity index is 1470. The van der Waals surface area contributed by atoms with E-state index < -0.39 is 23.7 Å². The van der Waals surface area contributed by atoms with Crippen LogP contribution in [0.2, 0.25) is 0 Å². The number of nitrogens with one attached hydrogen (secondary N) is 2. The standard InChI is InChI=1S/C29H26ClN3O5/c1-16(2)38-29(37)20-8-6-10-22(15-20)32-26(34)19-7-5-9-21(14-19)31-25-24(30)27(35)33(28(25)36)23-12-17(3)11-18(4)13-23/h5-16,31H,1-4H3,(H,32,34). The lowest BCUT2D eigenvalue weighted by molar-refractivity contribution is -0.120. The van der Waals surface area contributed by atoms with Crippen molar-refractivity contribution in [2.24, 2.45) is 0 Å². The zero-order chi connectivity index (χ0) is 27.6. The van der Waals surface area contributed by atoms with E-state index in [1.807, 2.05) is 19.9 Å². The quantitative estimate of drug-likeness (QED) is 0.305. The number of carbonyl (C=O) groups is 4. The Morgan fingerprint density at radius 3 is 2.11 bits per heavy atom. The number of ether oxygens (including phenoxy) is 1. The van der Waals surface area contributed by atoms with E-state index in [1.165, 1.54) is 12.1 Å². The van der Waals surface area contributed by atoms with Gasteiger partial charge in [-0.3, -0.25) is 14.4 Å². The third kappa shape index (κ3) is 5.76. The molecular weight excluding hydrogens is 506 g/mol. The molecule has 0 aliphatic carbocycles. The predicted molar refractivity (Wildman–Crippen MR) is 146 cm³/mol. The molecule has 1 aliphatic rings. The van der Waals surface area contributed by atoms with Gasteiger partial charge in [-0.15, -0.1) is 0 Å². The second kappa shape index (κ2) is 10.9. The van der Waals surface area contributed by atoms with Crippen molar-refractivity contribution in [2.75, 3.05) is 15.5 Å². The zero-order valence-electron chi connectivity index (χ0n) is 21.3. The summed E-state index contributed by atoms with van der Waals surface area (Å²) in [5.74, 6) is -2.15. The lowest BCUT2D eigenvalue weighted by Gasteiger charge is -2.16. The Labute approximate surface area is 225 Å². The first-order valence-electron chi connectivity index (χ1n) is 11.9. The zero-order valence-corrected chi connectivity index (χ0v) is 22.1. The fourth-order valence-corrected chi connectivity index (χ4v) is 4.23. The van der Waals surface area contributed by atoms with E-state index >= 15 is 0 Å². The summed E-state index contributed by atoms with van der Waals surface area (Å²) in [5, 5.41) is 5.40. The second-order valence-corrected chi connectivity index (χ2v) is 9.55. The number of benzene rings is 3. The maximum absolute atomic E-state index is 13.2. The fraction of sp³-hybridized carbons (Fsp3) is 0.172. The minimum absolute atomic E-state index is 0.0789. The molecule has 0 spiro atoms. The van der Waals surface area contributed by atoms with Crippen LogP contribution in [0.15, 0.2) is 77.5 Å². The van der Waals surface area contributed by atoms with Crippen LogP contribution in [0.1, 0.15) is 45.7 Å². The predicted octanol–water partition coefficient (Wildman–Crippen LogP) is 5.56. The van der Waals surface area contributed by atoms with Gasteiger partial charge in [-0.2, -0.15) is 0 Å². The number of amides is 3. The molecule has 0 unspecified atom stereocenters. The number of hydrogen-bond acceptors (Lipinski definition) is 6. The van der Waals surface area contributed by atoms with Crippen molar-refractivity contribution in [3.05, 3.63) is 99.7 Å². The minimum atomic E-state index is -0.631. The van der Waals surface area contributed by atoms with Gasteiger partial charge in [-0.1, -0.05) is 29.8 Å². The summed E-state index contributed by atoms with van der Waals surface area (Å²) in [6.07, 6.45) is -0.269. The lowest BCUT2D eigenvalue weighted by Crippen LogP contribution is -2.32. The van der Waals surface area contributed by atoms with Crippen LogP contribution in [-0.4, -0.2) is 29.8 Å². The Hall–Kier alpha value is -4.43. The number of esters is 1. The maximum Gasteiger partial charge on any atom is 0.338 e. The van der Waals surface area contributed by atoms with Crippen LogP contribution in [0.5, 0.6) is 0 Å². The van der Waals surface area contributed by atoms with E-state index in [0.717, 1.165) is 16.0 Å². The van der Waals surface area contributed by atoms with Crippen LogP contribution in [-0.2, 0) is 14.3 Å². The number of halogens is 1. The Morgan fingerprint density at radius 1 is 0.842 bits per heavy atom. The Morgan fingerprint density at radius 2 is 1.45 bits per heavy atom. The molecule has 0 saturated carbocycles. The monoisotopic (exact) mass is 531 g/mol. The first kappa shape index (κ1) is 26.6. The minimum Gasteiger partial charge on any atom is -0.459 e. The first-order valence-corrected chi connectivity index (χ1v) is 12.3. The molecule has 0 radical (unpaired) electrons. The molecule has 0 atom stereocenters. The molecule has 0 bridgehead atoms. The number of rotatable bonds is 7. The van der Waals surface area contributed by atoms with Crippen molar-refractivity contribution in [1.82, 2.24) is 0 Å². The molecule has 9 heteroatoms. The van der Waals surface area contributed by atoms with Crippen LogP contribution in [0.3, 0.4) is 0 Å². The molecule has 0 saturated heterocycles. The fourth-order valence-electron chi connectivity index (χ4n) is 4.02. The summed E-state index contributed by atoms with van der Waals surface area (Å²) < 4.78 is 5.20. The van der Waals surface area contributed by atoms with E-state index in [0.29, 0.717) is 22.6 Å². The van der Waals surface area contributed by atoms with Crippen LogP contribution in [0.25, 0.3) is 0 Å². The average molecular weight is 532 g/mol. The lowest BCUT2D eigenvalue weighted by atomic mass is 10.1. The van der Waals surface area contributed by atoms with Gasteiger partial charge in [0.05, 0.1) is 17.4 Å². The normalized spacial score (nSPS) is 13.3. The molecule has 2 N–H and O–H groups in total. The SMILES string of the molecule is Cc1cc(C)cc(N2C(=O)C(Cl)=C(Nc3cccc(C(=O)Nc4cccc(C(=O)OC(C)C)c4)c3)C2=O)c1. The van der Waals surface area contributed by atoms with Gasteiger partial charge < -0.3 is 15.4 Å². The molecule has 38 heavy (non-hydrogen) atoms. The van der Waals surface area contributed by atoms with Crippen molar-refractivity contribution in [2.45, 2.75) is 33.8 Å². The molecule has 3 aromatic carbocycles. The summed E-state index contributed by atoms with van der Waals surface area (Å²) in [4.78, 5) is 52.1. The van der Waals surface area contributed by atoms with E-state index in [4.69, 9.17) is 16.3 Å². The van der Waals surface area contributed by atoms with Gasteiger partial charge in [0.15, 0.2) is 0 Å². The summed E-state index contributed by atoms with van der Waals surface area (Å²) in [6, 6.07) is 18.2. The highest BCUT2D eigenvalue weighted by molar-refractivity contribution is 6.53. The van der Waals surface area contributed by atoms with Gasteiger partial charge in [0.1, 0.15) is 10.7 Å². The smallest absolute Gasteiger partial charge is 0.338 e. The van der Waals surface area contributed by atoms with Gasteiger partial charge in [0.2, 0.25) is 0 Å². The van der Waals surface area contributed by atoms with E-state index in [-0.39, 0.29) is 22.4 Å². The number of imide groups is 1. The second-order valence-electron chi connectivity index (χ2n) is 9.18. The highest BCUT2D eigenvalue weighted by atomic mass is 35.5. The van der Waals surface area contributed by atoms with Crippen molar-refractivity contribution < 1.29 is 23.9 Å². The molecule has 0 aromatic heterocycles. The largest absolute Gasteiger partial charge is 0.459 e. The van der Waals surface area contributed by atoms with Crippen LogP contribution in [0, 0.1) is 13.8 Å². The topological polar surface area (TPSA) is 105 Å². The molecule has 1 heterocycles. The van der Waals surface area contributed by atoms with Gasteiger partial charge in [0, 0.05) is 16.9 Å². The summed E-state index contributed by atoms with van der Waals surface area (Å²) in [6.45, 7) is 7.26. The highest BCUT2D eigenvalue weighted by Crippen LogP contribution is 2.31. The number of anilines is 3. The summed E-state index contributed by atoms with van der Waals surface area (Å²) in [7, 11) is 0. The average Bonchev–Trinajstić information content (AvgIpc) is 3.06. The van der Waals surface area contributed by atoms with Gasteiger partial charge in [-0.05, 0) is 87.4 Å². The third-order valence-electron chi connectivity index (χ3n) is 5.58. The first-order chi connectivity index (χ1) is 18.0. The van der Waals surface area contributed by atoms with Gasteiger partial charge in [0.25, 0.3) is 17.7 Å². The van der Waals surface area contributed by atoms with Gasteiger partial charge in [-0.25, -0.2) is 9.69 Å². The molecule has 4 rings (SSSR count). The highest BCUT2D eigenvalue weighted by Gasteiger charge is 2.39. The Balaban J connectivity index is 1.51. The van der Waals surface area contributed by atoms with E-state index in [2.05, 4.69) is 10.6 Å². The van der Waals surface area contributed by atoms with Gasteiger partial charge >= 0.3 is 5.97 Å². The third-order valence-corrected chi connectivity index (χ3v) is 5.94. The van der Waals surface area contributed by atoms with E-state index in [1.54, 1.807) is 62.4 Å². The molecule has 194 valence electrons. The maximum atomic E-state index is 13.2. The number of carbonyl (C=O) groups excluding carboxylic acids is 4. The molecule has 0 fully saturated rings. The molecular formula is C29H26ClN3O5. The van der Waals surface area contributed by atoms with E-state index in [9.17, 15) is 19.2 Å². The molecule has 3 aromatic rings. The molecule has 3 amide bonds. The van der Waals surface area contributed by atoms with Crippen molar-refractivity contribution in [3.63, 3.8) is 0 Å². The molecule has 8 nitrogen and oxygen atoms in total. The number of nitrogens with zero attached hydrogens (tertiary/aromatic N) is 1. The van der Waals surface area contributed by atoms with Crippen molar-refractivity contribution in [1.29, 1.82) is 0 Å². The van der Waals surface area contributed by atoms with Crippen molar-refractivity contribution >= 4 is 52.4 Å². The van der Waals surface area contributed by atoms with Crippen LogP contribution >= 0.6 is 11.6 Å². The molecule has 1 aliphatic heterocycles. The number of aryl methyl sites for hydroxylation is 2. The number of hydrogen-bond donors (Lipinski definition) is 2. The summed E-state index contributed by atoms with van der Waals surface area (Å²) in [5.41, 5.74) is 3.56. The Kier molecular flexibility index (Phi) is 7.64. The van der Waals surface area contributed by atoms with Crippen LogP contribution < -0.4 is 15.5 Å².